The summed E-state index contributed by atoms with van der Waals surface area (Å²) in [5.74, 6) is 0. The average Bonchev–Trinajstić information content (AvgIpc) is 4.02. The fraction of sp³-hybridized carbons (Fsp3) is 0. The summed E-state index contributed by atoms with van der Waals surface area (Å²) in [5.41, 5.74) is 15.5. The largest absolute Gasteiger partial charge is 0.456 e. The van der Waals surface area contributed by atoms with Crippen LogP contribution >= 0.6 is 0 Å². The third-order valence-electron chi connectivity index (χ3n) is 14.3. The van der Waals surface area contributed by atoms with Gasteiger partial charge in [-0.1, -0.05) is 164 Å². The highest BCUT2D eigenvalue weighted by molar-refractivity contribution is 6.35. The Balaban J connectivity index is 0.928. The van der Waals surface area contributed by atoms with E-state index in [-0.39, 0.29) is 0 Å². The van der Waals surface area contributed by atoms with Crippen LogP contribution in [0.2, 0.25) is 0 Å². The minimum absolute atomic E-state index is 0.898. The van der Waals surface area contributed by atoms with E-state index in [1.807, 2.05) is 0 Å². The van der Waals surface area contributed by atoms with Gasteiger partial charge in [0.25, 0.3) is 0 Å². The Bertz CT molecular complexity index is 4310. The van der Waals surface area contributed by atoms with Crippen LogP contribution < -0.4 is 0 Å². The van der Waals surface area contributed by atoms with Crippen LogP contribution in [0.15, 0.2) is 217 Å². The molecule has 0 amide bonds. The second-order valence-electron chi connectivity index (χ2n) is 17.5. The predicted octanol–water partition coefficient (Wildman–Crippen LogP) is 17.4. The highest BCUT2D eigenvalue weighted by Gasteiger charge is 2.24. The second-order valence-corrected chi connectivity index (χ2v) is 17.5. The molecular weight excluding hydrogens is 775 g/mol. The Morgan fingerprint density at radius 3 is 1.67 bits per heavy atom. The first kappa shape index (κ1) is 34.2. The summed E-state index contributed by atoms with van der Waals surface area (Å²) in [4.78, 5) is 0. The van der Waals surface area contributed by atoms with Crippen molar-refractivity contribution < 1.29 is 4.42 Å². The molecule has 64 heavy (non-hydrogen) atoms. The van der Waals surface area contributed by atoms with Crippen molar-refractivity contribution in [3.8, 4) is 50.2 Å². The Hall–Kier alpha value is -8.46. The zero-order valence-electron chi connectivity index (χ0n) is 34.6. The van der Waals surface area contributed by atoms with Crippen molar-refractivity contribution in [1.82, 2.24) is 4.57 Å². The molecule has 0 N–H and O–H groups in total. The summed E-state index contributed by atoms with van der Waals surface area (Å²) in [6, 6.07) is 78.5. The number of para-hydroxylation sites is 1. The summed E-state index contributed by atoms with van der Waals surface area (Å²) in [5, 5.41) is 17.5. The number of nitrogens with zero attached hydrogens (tertiary/aromatic N) is 1. The first-order valence-electron chi connectivity index (χ1n) is 22.2. The molecule has 294 valence electrons. The van der Waals surface area contributed by atoms with Crippen molar-refractivity contribution in [2.45, 2.75) is 0 Å². The summed E-state index contributed by atoms with van der Waals surface area (Å²) in [6.07, 6.45) is 0. The maximum atomic E-state index is 6.51. The fourth-order valence-electron chi connectivity index (χ4n) is 11.5. The molecular formula is C62H35NO. The molecule has 1 aliphatic carbocycles. The Morgan fingerprint density at radius 2 is 0.844 bits per heavy atom. The molecule has 14 aromatic rings. The van der Waals surface area contributed by atoms with Gasteiger partial charge in [-0.05, 0) is 142 Å². The Kier molecular flexibility index (Phi) is 6.71. The highest BCUT2D eigenvalue weighted by Crippen LogP contribution is 2.50. The van der Waals surface area contributed by atoms with E-state index in [0.29, 0.717) is 0 Å². The molecule has 0 bridgehead atoms. The van der Waals surface area contributed by atoms with Crippen LogP contribution in [0.3, 0.4) is 0 Å². The van der Waals surface area contributed by atoms with Crippen LogP contribution in [0, 0.1) is 0 Å². The molecule has 15 rings (SSSR count). The summed E-state index contributed by atoms with van der Waals surface area (Å²) in [6.45, 7) is 0. The van der Waals surface area contributed by atoms with Crippen molar-refractivity contribution in [2.24, 2.45) is 0 Å². The SMILES string of the molecule is c1ccc(-n2c3ccc4ccccc4c3c3ccc4c5ccc(-c6ccc7oc8ccc(-c9ccc%10c%11c(cccc9%11)-c9ccccc9-%10)cc8c7c6)cc5c5ccccc5c4c32)cc1. The molecule has 12 aromatic carbocycles. The first-order chi connectivity index (χ1) is 31.7. The molecule has 0 spiro atoms. The lowest BCUT2D eigenvalue weighted by Gasteiger charge is -2.15. The zero-order valence-corrected chi connectivity index (χ0v) is 34.6. The monoisotopic (exact) mass is 809 g/mol. The number of hydrogen-bond acceptors (Lipinski definition) is 1. The zero-order chi connectivity index (χ0) is 41.6. The van der Waals surface area contributed by atoms with Crippen molar-refractivity contribution in [3.05, 3.63) is 212 Å². The fourth-order valence-corrected chi connectivity index (χ4v) is 11.5. The van der Waals surface area contributed by atoms with E-state index in [4.69, 9.17) is 4.42 Å². The van der Waals surface area contributed by atoms with E-state index >= 15 is 0 Å². The van der Waals surface area contributed by atoms with Gasteiger partial charge in [-0.2, -0.15) is 0 Å². The quantitative estimate of drug-likeness (QED) is 0.163. The van der Waals surface area contributed by atoms with Gasteiger partial charge in [-0.3, -0.25) is 0 Å². The molecule has 0 saturated carbocycles. The van der Waals surface area contributed by atoms with E-state index in [9.17, 15) is 0 Å². The van der Waals surface area contributed by atoms with Gasteiger partial charge in [-0.25, -0.2) is 0 Å². The maximum Gasteiger partial charge on any atom is 0.135 e. The van der Waals surface area contributed by atoms with Gasteiger partial charge in [-0.15, -0.1) is 0 Å². The van der Waals surface area contributed by atoms with Gasteiger partial charge in [0.2, 0.25) is 0 Å². The topological polar surface area (TPSA) is 18.1 Å². The molecule has 0 saturated heterocycles. The van der Waals surface area contributed by atoms with Gasteiger partial charge in [0.1, 0.15) is 11.2 Å². The molecule has 2 heteroatoms. The Labute approximate surface area is 367 Å². The van der Waals surface area contributed by atoms with Crippen LogP contribution in [0.1, 0.15) is 0 Å². The van der Waals surface area contributed by atoms with E-state index in [1.165, 1.54) is 120 Å². The number of furan rings is 1. The number of benzene rings is 12. The predicted molar refractivity (Wildman–Crippen MR) is 271 cm³/mol. The maximum absolute atomic E-state index is 6.51. The molecule has 0 radical (unpaired) electrons. The van der Waals surface area contributed by atoms with Gasteiger partial charge in [0.15, 0.2) is 0 Å². The number of fused-ring (bicyclic) bond motifs is 18. The van der Waals surface area contributed by atoms with E-state index in [2.05, 4.69) is 217 Å². The summed E-state index contributed by atoms with van der Waals surface area (Å²) in [7, 11) is 0. The minimum atomic E-state index is 0.898. The molecule has 0 atom stereocenters. The van der Waals surface area contributed by atoms with Crippen molar-refractivity contribution >= 4 is 97.6 Å². The van der Waals surface area contributed by atoms with Crippen LogP contribution in [0.25, 0.3) is 148 Å². The first-order valence-corrected chi connectivity index (χ1v) is 22.2. The van der Waals surface area contributed by atoms with Crippen LogP contribution in [-0.4, -0.2) is 4.57 Å². The normalized spacial score (nSPS) is 12.4. The Morgan fingerprint density at radius 1 is 0.281 bits per heavy atom. The second kappa shape index (κ2) is 12.6. The third kappa shape index (κ3) is 4.53. The summed E-state index contributed by atoms with van der Waals surface area (Å²) >= 11 is 0. The number of rotatable bonds is 3. The van der Waals surface area contributed by atoms with Crippen LogP contribution in [0.5, 0.6) is 0 Å². The van der Waals surface area contributed by atoms with Gasteiger partial charge < -0.3 is 8.98 Å². The van der Waals surface area contributed by atoms with E-state index < -0.39 is 0 Å². The number of aromatic nitrogens is 1. The number of hydrogen-bond donors (Lipinski definition) is 0. The van der Waals surface area contributed by atoms with Crippen LogP contribution in [0.4, 0.5) is 0 Å². The molecule has 2 aromatic heterocycles. The van der Waals surface area contributed by atoms with Crippen molar-refractivity contribution in [2.75, 3.05) is 0 Å². The molecule has 0 unspecified atom stereocenters. The smallest absolute Gasteiger partial charge is 0.135 e. The van der Waals surface area contributed by atoms with Crippen LogP contribution in [-0.2, 0) is 0 Å². The third-order valence-corrected chi connectivity index (χ3v) is 14.3. The van der Waals surface area contributed by atoms with E-state index in [1.54, 1.807) is 0 Å². The highest BCUT2D eigenvalue weighted by atomic mass is 16.3. The molecule has 2 nitrogen and oxygen atoms in total. The minimum Gasteiger partial charge on any atom is -0.456 e. The summed E-state index contributed by atoms with van der Waals surface area (Å²) < 4.78 is 9.00. The molecule has 2 heterocycles. The van der Waals surface area contributed by atoms with Gasteiger partial charge >= 0.3 is 0 Å². The lowest BCUT2D eigenvalue weighted by molar-refractivity contribution is 0.669. The molecule has 1 aliphatic rings. The van der Waals surface area contributed by atoms with Gasteiger partial charge in [0.05, 0.1) is 11.0 Å². The molecule has 0 aliphatic heterocycles. The molecule has 0 fully saturated rings. The lowest BCUT2D eigenvalue weighted by Crippen LogP contribution is -1.95. The standard InChI is InChI=1S/C62H35NO/c1-2-12-40(13-3-1)63-56-30-22-36-11-4-5-14-42(36)60(56)52-29-28-51-46-25-21-37(33-53(46)45-17-8-9-18-49(45)61(51)62(52)63)38-23-31-57-54(34-38)55-35-39(24-32-58(55)64-57)41-26-27-50-44-16-7-6-15-43(44)48-20-10-19-47(41)59(48)50/h1-35H. The average molecular weight is 810 g/mol. The van der Waals surface area contributed by atoms with E-state index in [0.717, 1.165) is 27.6 Å². The van der Waals surface area contributed by atoms with Crippen molar-refractivity contribution in [3.63, 3.8) is 0 Å². The van der Waals surface area contributed by atoms with Crippen molar-refractivity contribution in [1.29, 1.82) is 0 Å². The lowest BCUT2D eigenvalue weighted by atomic mass is 9.90. The van der Waals surface area contributed by atoms with Gasteiger partial charge in [0, 0.05) is 32.6 Å².